The van der Waals surface area contributed by atoms with Gasteiger partial charge in [0.05, 0.1) is 18.6 Å². The Morgan fingerprint density at radius 2 is 2.25 bits per heavy atom. The van der Waals surface area contributed by atoms with Crippen LogP contribution in [0, 0.1) is 0 Å². The molecule has 1 aromatic heterocycles. The van der Waals surface area contributed by atoms with E-state index in [1.54, 1.807) is 20.8 Å². The Morgan fingerprint density at radius 3 is 2.81 bits per heavy atom. The van der Waals surface area contributed by atoms with Gasteiger partial charge in [-0.05, 0) is 20.8 Å². The summed E-state index contributed by atoms with van der Waals surface area (Å²) in [6, 6.07) is 1.32. The molecule has 0 saturated heterocycles. The van der Waals surface area contributed by atoms with Crippen LogP contribution in [0.1, 0.15) is 26.5 Å². The van der Waals surface area contributed by atoms with E-state index in [0.717, 1.165) is 0 Å². The zero-order chi connectivity index (χ0) is 12.2. The molecule has 6 heteroatoms. The average molecular weight is 225 g/mol. The molecule has 88 valence electrons. The number of H-pyrrole nitrogens is 1. The van der Waals surface area contributed by atoms with E-state index in [2.05, 4.69) is 15.3 Å². The maximum absolute atomic E-state index is 11.3. The average Bonchev–Trinajstić information content (AvgIpc) is 2.12. The van der Waals surface area contributed by atoms with Crippen LogP contribution < -0.4 is 10.9 Å². The molecule has 0 aliphatic carbocycles. The number of carbonyl (C=O) groups is 1. The van der Waals surface area contributed by atoms with Crippen molar-refractivity contribution in [3.8, 4) is 0 Å². The molecular weight excluding hydrogens is 210 g/mol. The van der Waals surface area contributed by atoms with Crippen molar-refractivity contribution in [2.24, 2.45) is 0 Å². The number of amides is 1. The van der Waals surface area contributed by atoms with Gasteiger partial charge in [-0.1, -0.05) is 0 Å². The van der Waals surface area contributed by atoms with Gasteiger partial charge in [-0.2, -0.15) is 0 Å². The molecule has 16 heavy (non-hydrogen) atoms. The molecular formula is C10H15N3O3. The van der Waals surface area contributed by atoms with Crippen molar-refractivity contribution in [3.63, 3.8) is 0 Å². The number of nitrogens with one attached hydrogen (secondary N) is 2. The maximum atomic E-state index is 11.3. The quantitative estimate of drug-likeness (QED) is 0.779. The smallest absolute Gasteiger partial charge is 0.407 e. The molecule has 0 bridgehead atoms. The summed E-state index contributed by atoms with van der Waals surface area (Å²) in [5.41, 5.74) is -0.309. The van der Waals surface area contributed by atoms with E-state index in [0.29, 0.717) is 5.69 Å². The molecule has 6 nitrogen and oxygen atoms in total. The maximum Gasteiger partial charge on any atom is 0.407 e. The number of hydrogen-bond donors (Lipinski definition) is 2. The summed E-state index contributed by atoms with van der Waals surface area (Å²) in [4.78, 5) is 28.5. The predicted molar refractivity (Wildman–Crippen MR) is 57.9 cm³/mol. The standard InChI is InChI=1S/C10H15N3O3/c1-10(2,3)16-9(15)11-5-7-4-8(14)13-6-12-7/h4,6H,5H2,1-3H3,(H,11,15)(H,12,13,14). The van der Waals surface area contributed by atoms with E-state index in [9.17, 15) is 9.59 Å². The van der Waals surface area contributed by atoms with E-state index in [-0.39, 0.29) is 12.1 Å². The number of alkyl carbamates (subject to hydrolysis) is 1. The number of nitrogens with zero attached hydrogens (tertiary/aromatic N) is 1. The van der Waals surface area contributed by atoms with Crippen LogP contribution in [0.2, 0.25) is 0 Å². The topological polar surface area (TPSA) is 84.1 Å². The van der Waals surface area contributed by atoms with Crippen molar-refractivity contribution in [1.29, 1.82) is 0 Å². The largest absolute Gasteiger partial charge is 0.444 e. The van der Waals surface area contributed by atoms with Crippen LogP contribution in [-0.2, 0) is 11.3 Å². The second-order valence-electron chi connectivity index (χ2n) is 4.26. The van der Waals surface area contributed by atoms with Crippen LogP contribution in [0.15, 0.2) is 17.2 Å². The highest BCUT2D eigenvalue weighted by molar-refractivity contribution is 5.67. The van der Waals surface area contributed by atoms with Crippen LogP contribution >= 0.6 is 0 Å². The Hall–Kier alpha value is -1.85. The lowest BCUT2D eigenvalue weighted by Crippen LogP contribution is -2.32. The minimum atomic E-state index is -0.536. The first-order valence-corrected chi connectivity index (χ1v) is 4.87. The molecule has 0 spiro atoms. The first kappa shape index (κ1) is 12.2. The normalized spacial score (nSPS) is 10.9. The third-order valence-corrected chi connectivity index (χ3v) is 1.55. The van der Waals surface area contributed by atoms with Gasteiger partial charge in [-0.25, -0.2) is 9.78 Å². The van der Waals surface area contributed by atoms with E-state index in [1.165, 1.54) is 12.4 Å². The highest BCUT2D eigenvalue weighted by atomic mass is 16.6. The van der Waals surface area contributed by atoms with Crippen LogP contribution in [0.3, 0.4) is 0 Å². The fraction of sp³-hybridized carbons (Fsp3) is 0.500. The SMILES string of the molecule is CC(C)(C)OC(=O)NCc1cc(=O)[nH]cn1. The Balaban J connectivity index is 2.46. The third kappa shape index (κ3) is 4.59. The summed E-state index contributed by atoms with van der Waals surface area (Å²) >= 11 is 0. The highest BCUT2D eigenvalue weighted by Gasteiger charge is 2.15. The molecule has 0 atom stereocenters. The lowest BCUT2D eigenvalue weighted by molar-refractivity contribution is 0.0523. The van der Waals surface area contributed by atoms with Crippen molar-refractivity contribution >= 4 is 6.09 Å². The molecule has 1 rings (SSSR count). The van der Waals surface area contributed by atoms with E-state index in [4.69, 9.17) is 4.74 Å². The first-order valence-electron chi connectivity index (χ1n) is 4.87. The molecule has 0 fully saturated rings. The van der Waals surface area contributed by atoms with Gasteiger partial charge in [0.2, 0.25) is 0 Å². The number of aromatic nitrogens is 2. The van der Waals surface area contributed by atoms with Gasteiger partial charge >= 0.3 is 6.09 Å². The number of ether oxygens (including phenoxy) is 1. The van der Waals surface area contributed by atoms with E-state index >= 15 is 0 Å². The summed E-state index contributed by atoms with van der Waals surface area (Å²) in [6.45, 7) is 5.49. The fourth-order valence-corrected chi connectivity index (χ4v) is 0.983. The van der Waals surface area contributed by atoms with Gasteiger partial charge in [0, 0.05) is 6.07 Å². The van der Waals surface area contributed by atoms with E-state index < -0.39 is 11.7 Å². The van der Waals surface area contributed by atoms with Crippen molar-refractivity contribution in [1.82, 2.24) is 15.3 Å². The Kier molecular flexibility index (Phi) is 3.65. The lowest BCUT2D eigenvalue weighted by Gasteiger charge is -2.19. The number of hydrogen-bond acceptors (Lipinski definition) is 4. The molecule has 0 unspecified atom stereocenters. The number of rotatable bonds is 2. The van der Waals surface area contributed by atoms with Gasteiger partial charge in [0.15, 0.2) is 0 Å². The van der Waals surface area contributed by atoms with Crippen molar-refractivity contribution in [2.45, 2.75) is 32.9 Å². The summed E-state index contributed by atoms with van der Waals surface area (Å²) in [6.07, 6.45) is 0.753. The summed E-state index contributed by atoms with van der Waals surface area (Å²) in [7, 11) is 0. The number of carbonyl (C=O) groups excluding carboxylic acids is 1. The zero-order valence-corrected chi connectivity index (χ0v) is 9.53. The van der Waals surface area contributed by atoms with Crippen LogP contribution in [0.5, 0.6) is 0 Å². The van der Waals surface area contributed by atoms with E-state index in [1.807, 2.05) is 0 Å². The molecule has 1 aromatic rings. The Bertz CT molecular complexity index is 420. The lowest BCUT2D eigenvalue weighted by atomic mass is 10.2. The Labute approximate surface area is 93.0 Å². The molecule has 2 N–H and O–H groups in total. The van der Waals surface area contributed by atoms with Gasteiger partial charge < -0.3 is 15.0 Å². The second-order valence-corrected chi connectivity index (χ2v) is 4.26. The van der Waals surface area contributed by atoms with Crippen molar-refractivity contribution in [2.75, 3.05) is 0 Å². The second kappa shape index (κ2) is 4.78. The molecule has 1 amide bonds. The highest BCUT2D eigenvalue weighted by Crippen LogP contribution is 2.06. The molecule has 0 saturated carbocycles. The third-order valence-electron chi connectivity index (χ3n) is 1.55. The molecule has 0 aliphatic heterocycles. The molecule has 0 aliphatic rings. The molecule has 1 heterocycles. The fourth-order valence-electron chi connectivity index (χ4n) is 0.983. The van der Waals surface area contributed by atoms with Gasteiger partial charge in [0.25, 0.3) is 5.56 Å². The first-order chi connectivity index (χ1) is 7.37. The summed E-state index contributed by atoms with van der Waals surface area (Å²) < 4.78 is 5.03. The minimum Gasteiger partial charge on any atom is -0.444 e. The predicted octanol–water partition coefficient (Wildman–Crippen LogP) is 0.795. The van der Waals surface area contributed by atoms with Crippen LogP contribution in [0.25, 0.3) is 0 Å². The van der Waals surface area contributed by atoms with Crippen molar-refractivity contribution in [3.05, 3.63) is 28.4 Å². The van der Waals surface area contributed by atoms with Gasteiger partial charge in [-0.15, -0.1) is 0 Å². The van der Waals surface area contributed by atoms with Crippen LogP contribution in [-0.4, -0.2) is 21.7 Å². The minimum absolute atomic E-state index is 0.166. The Morgan fingerprint density at radius 1 is 1.56 bits per heavy atom. The number of aromatic amines is 1. The monoisotopic (exact) mass is 225 g/mol. The van der Waals surface area contributed by atoms with Gasteiger partial charge in [-0.3, -0.25) is 4.79 Å². The van der Waals surface area contributed by atoms with Crippen molar-refractivity contribution < 1.29 is 9.53 Å². The van der Waals surface area contributed by atoms with Crippen LogP contribution in [0.4, 0.5) is 4.79 Å². The zero-order valence-electron chi connectivity index (χ0n) is 9.53. The summed E-state index contributed by atoms with van der Waals surface area (Å²) in [5, 5.41) is 2.51. The molecule has 0 aromatic carbocycles. The molecule has 0 radical (unpaired) electrons. The van der Waals surface area contributed by atoms with Gasteiger partial charge in [0.1, 0.15) is 5.60 Å². The summed E-state index contributed by atoms with van der Waals surface area (Å²) in [5.74, 6) is 0.